The highest BCUT2D eigenvalue weighted by Gasteiger charge is 2.36. The van der Waals surface area contributed by atoms with Crippen LogP contribution in [0.3, 0.4) is 0 Å². The van der Waals surface area contributed by atoms with Crippen LogP contribution in [0.4, 0.5) is 17.1 Å². The molecule has 3 nitrogen and oxygen atoms in total. The minimum absolute atomic E-state index is 0.108. The van der Waals surface area contributed by atoms with Gasteiger partial charge < -0.3 is 9.32 Å². The summed E-state index contributed by atoms with van der Waals surface area (Å²) in [4.78, 5) is 7.44. The van der Waals surface area contributed by atoms with Crippen molar-refractivity contribution in [2.45, 2.75) is 19.3 Å². The Balaban J connectivity index is 1.16. The largest absolute Gasteiger partial charge is 0.435 e. The van der Waals surface area contributed by atoms with Crippen LogP contribution in [0, 0.1) is 0 Å². The summed E-state index contributed by atoms with van der Waals surface area (Å²) in [5, 5.41) is 2.35. The molecule has 0 unspecified atom stereocenters. The fraction of sp³-hybridized carbons (Fsp3) is 0.0652. The van der Waals surface area contributed by atoms with Crippen LogP contribution in [0.1, 0.15) is 25.0 Å². The van der Waals surface area contributed by atoms with E-state index >= 15 is 0 Å². The van der Waals surface area contributed by atoms with Crippen LogP contribution in [0.5, 0.6) is 0 Å². The zero-order valence-corrected chi connectivity index (χ0v) is 27.3. The highest BCUT2D eigenvalue weighted by molar-refractivity contribution is 6.17. The summed E-state index contributed by atoms with van der Waals surface area (Å²) in [6.07, 6.45) is 0. The summed E-state index contributed by atoms with van der Waals surface area (Å²) in [5.74, 6) is 1.49. The predicted octanol–water partition coefficient (Wildman–Crippen LogP) is 12.6. The van der Waals surface area contributed by atoms with E-state index in [0.29, 0.717) is 5.89 Å². The van der Waals surface area contributed by atoms with Gasteiger partial charge in [0, 0.05) is 44.3 Å². The molecule has 1 heterocycles. The Hall–Kier alpha value is -6.19. The second kappa shape index (κ2) is 10.4. The van der Waals surface area contributed by atoms with Crippen molar-refractivity contribution in [3.05, 3.63) is 169 Å². The van der Waals surface area contributed by atoms with Crippen LogP contribution in [0.2, 0.25) is 0 Å². The van der Waals surface area contributed by atoms with Crippen molar-refractivity contribution in [1.82, 2.24) is 4.98 Å². The minimum Gasteiger partial charge on any atom is -0.435 e. The Labute approximate surface area is 285 Å². The van der Waals surface area contributed by atoms with Crippen molar-refractivity contribution in [3.8, 4) is 56.3 Å². The van der Waals surface area contributed by atoms with Crippen LogP contribution in [0.25, 0.3) is 67.1 Å². The van der Waals surface area contributed by atoms with Crippen LogP contribution < -0.4 is 4.90 Å². The lowest BCUT2D eigenvalue weighted by atomic mass is 9.82. The Morgan fingerprint density at radius 1 is 0.510 bits per heavy atom. The summed E-state index contributed by atoms with van der Waals surface area (Å²) in [5.41, 5.74) is 15.1. The van der Waals surface area contributed by atoms with Crippen molar-refractivity contribution in [2.75, 3.05) is 4.90 Å². The van der Waals surface area contributed by atoms with Gasteiger partial charge in [-0.1, -0.05) is 123 Å². The van der Waals surface area contributed by atoms with E-state index in [9.17, 15) is 0 Å². The number of rotatable bonds is 5. The number of nitrogens with zero attached hydrogens (tertiary/aromatic N) is 2. The molecule has 49 heavy (non-hydrogen) atoms. The van der Waals surface area contributed by atoms with Gasteiger partial charge in [-0.15, -0.1) is 0 Å². The van der Waals surface area contributed by atoms with Gasteiger partial charge in [-0.3, -0.25) is 0 Å². The highest BCUT2D eigenvalue weighted by Crippen LogP contribution is 2.54. The Kier molecular flexibility index (Phi) is 5.92. The van der Waals surface area contributed by atoms with E-state index in [4.69, 9.17) is 9.40 Å². The molecule has 0 aliphatic heterocycles. The minimum atomic E-state index is -0.108. The van der Waals surface area contributed by atoms with Gasteiger partial charge in [0.25, 0.3) is 0 Å². The van der Waals surface area contributed by atoms with Gasteiger partial charge in [0.2, 0.25) is 5.89 Å². The molecule has 1 aromatic heterocycles. The molecule has 8 aromatic rings. The molecule has 0 spiro atoms. The molecular formula is C46H32N2O. The Bertz CT molecular complexity index is 2530. The van der Waals surface area contributed by atoms with E-state index in [1.54, 1.807) is 0 Å². The number of benzene rings is 7. The van der Waals surface area contributed by atoms with Gasteiger partial charge in [-0.05, 0) is 81.9 Å². The van der Waals surface area contributed by atoms with Gasteiger partial charge in [0.15, 0.2) is 5.76 Å². The van der Waals surface area contributed by atoms with Crippen LogP contribution >= 0.6 is 0 Å². The van der Waals surface area contributed by atoms with E-state index in [0.717, 1.165) is 45.2 Å². The third kappa shape index (κ3) is 4.12. The third-order valence-electron chi connectivity index (χ3n) is 10.5. The summed E-state index contributed by atoms with van der Waals surface area (Å²) >= 11 is 0. The first kappa shape index (κ1) is 27.9. The van der Waals surface area contributed by atoms with E-state index in [-0.39, 0.29) is 5.41 Å². The molecule has 0 N–H and O–H groups in total. The zero-order valence-electron chi connectivity index (χ0n) is 27.3. The quantitative estimate of drug-likeness (QED) is 0.190. The first-order valence-electron chi connectivity index (χ1n) is 16.9. The van der Waals surface area contributed by atoms with E-state index < -0.39 is 0 Å². The number of anilines is 3. The maximum absolute atomic E-state index is 6.49. The Morgan fingerprint density at radius 2 is 1.14 bits per heavy atom. The van der Waals surface area contributed by atoms with Crippen LogP contribution in [-0.2, 0) is 5.41 Å². The van der Waals surface area contributed by atoms with Crippen LogP contribution in [0.15, 0.2) is 162 Å². The molecule has 3 heteroatoms. The molecule has 2 aliphatic rings. The van der Waals surface area contributed by atoms with Crippen molar-refractivity contribution >= 4 is 27.8 Å². The molecule has 2 aliphatic carbocycles. The van der Waals surface area contributed by atoms with Gasteiger partial charge in [0.05, 0.1) is 5.69 Å². The maximum atomic E-state index is 6.49. The van der Waals surface area contributed by atoms with Gasteiger partial charge in [-0.25, -0.2) is 4.98 Å². The monoisotopic (exact) mass is 628 g/mol. The summed E-state index contributed by atoms with van der Waals surface area (Å²) < 4.78 is 6.49. The zero-order chi connectivity index (χ0) is 32.7. The van der Waals surface area contributed by atoms with E-state index in [1.165, 1.54) is 44.2 Å². The smallest absolute Gasteiger partial charge is 0.227 e. The molecule has 232 valence electrons. The molecule has 0 saturated heterocycles. The fourth-order valence-electron chi connectivity index (χ4n) is 8.05. The lowest BCUT2D eigenvalue weighted by Gasteiger charge is -2.29. The maximum Gasteiger partial charge on any atom is 0.227 e. The van der Waals surface area contributed by atoms with Gasteiger partial charge in [-0.2, -0.15) is 0 Å². The third-order valence-corrected chi connectivity index (χ3v) is 10.5. The van der Waals surface area contributed by atoms with Gasteiger partial charge in [0.1, 0.15) is 5.69 Å². The number of fused-ring (bicyclic) bond motifs is 6. The molecule has 0 saturated carbocycles. The van der Waals surface area contributed by atoms with Crippen molar-refractivity contribution in [1.29, 1.82) is 0 Å². The second-order valence-electron chi connectivity index (χ2n) is 13.6. The lowest BCUT2D eigenvalue weighted by Crippen LogP contribution is -2.16. The molecule has 10 rings (SSSR count). The van der Waals surface area contributed by atoms with Crippen LogP contribution in [-0.4, -0.2) is 4.98 Å². The topological polar surface area (TPSA) is 29.3 Å². The lowest BCUT2D eigenvalue weighted by molar-refractivity contribution is 0.590. The molecule has 0 radical (unpaired) electrons. The first-order valence-corrected chi connectivity index (χ1v) is 16.9. The van der Waals surface area contributed by atoms with E-state index in [2.05, 4.69) is 146 Å². The Morgan fingerprint density at radius 3 is 1.94 bits per heavy atom. The SMILES string of the molecule is CC1(C)c2ccccc2-c2ccc(N(c3ccc(-c4ccccc4)cc3)c3ccc4c5c(cccc35)-c3nc(-c5ccccc5)oc3-4)cc21. The molecule has 0 atom stereocenters. The fourth-order valence-corrected chi connectivity index (χ4v) is 8.05. The number of hydrogen-bond acceptors (Lipinski definition) is 3. The van der Waals surface area contributed by atoms with Crippen molar-refractivity contribution in [3.63, 3.8) is 0 Å². The molecule has 0 amide bonds. The average Bonchev–Trinajstić information content (AvgIpc) is 3.79. The highest BCUT2D eigenvalue weighted by atomic mass is 16.4. The number of oxazole rings is 1. The summed E-state index contributed by atoms with van der Waals surface area (Å²) in [6.45, 7) is 4.69. The normalized spacial score (nSPS) is 13.3. The molecule has 0 bridgehead atoms. The molecule has 7 aromatic carbocycles. The molecular weight excluding hydrogens is 597 g/mol. The molecule has 0 fully saturated rings. The first-order chi connectivity index (χ1) is 24.1. The standard InChI is InChI=1S/C46H32N2O/c1-46(2)39-19-10-9-16-34(39)35-25-24-33(28-40(35)46)48(32-22-20-30(21-23-32)29-12-5-3-6-13-29)41-27-26-38-42-36(41)17-11-18-37(42)43-44(38)49-45(47-43)31-14-7-4-8-15-31/h3-28H,1-2H3. The van der Waals surface area contributed by atoms with E-state index in [1.807, 2.05) is 30.3 Å². The number of hydrogen-bond donors (Lipinski definition) is 0. The number of aromatic nitrogens is 1. The van der Waals surface area contributed by atoms with Gasteiger partial charge >= 0.3 is 0 Å². The average molecular weight is 629 g/mol. The predicted molar refractivity (Wildman–Crippen MR) is 202 cm³/mol. The van der Waals surface area contributed by atoms with Crippen molar-refractivity contribution in [2.24, 2.45) is 0 Å². The second-order valence-corrected chi connectivity index (χ2v) is 13.6. The van der Waals surface area contributed by atoms with Crippen molar-refractivity contribution < 1.29 is 4.42 Å². The summed E-state index contributed by atoms with van der Waals surface area (Å²) in [7, 11) is 0. The summed E-state index contributed by atoms with van der Waals surface area (Å²) in [6, 6.07) is 56.5.